The van der Waals surface area contributed by atoms with Gasteiger partial charge in [0.15, 0.2) is 17.1 Å². The molecule has 0 aromatic carbocycles. The molecule has 0 saturated carbocycles. The lowest BCUT2D eigenvalue weighted by Crippen LogP contribution is -1.95. The molecule has 0 N–H and O–H groups in total. The van der Waals surface area contributed by atoms with Crippen molar-refractivity contribution in [2.45, 2.75) is 0 Å². The first-order valence-electron chi connectivity index (χ1n) is 2.25. The van der Waals surface area contributed by atoms with Crippen molar-refractivity contribution < 1.29 is 4.79 Å². The highest BCUT2D eigenvalue weighted by Gasteiger charge is 2.02. The molecule has 4 nitrogen and oxygen atoms in total. The molecule has 6 heteroatoms. The van der Waals surface area contributed by atoms with E-state index in [2.05, 4.69) is 15.2 Å². The van der Waals surface area contributed by atoms with Crippen LogP contribution < -0.4 is 0 Å². The van der Waals surface area contributed by atoms with Gasteiger partial charge in [-0.1, -0.05) is 11.6 Å². The molecular formula is C4HCl2N3O. The number of nitrogens with zero attached hydrogens (tertiary/aromatic N) is 3. The van der Waals surface area contributed by atoms with Crippen LogP contribution in [0.15, 0.2) is 0 Å². The molecule has 0 aliphatic heterocycles. The van der Waals surface area contributed by atoms with Crippen LogP contribution in [0.25, 0.3) is 0 Å². The van der Waals surface area contributed by atoms with Crippen molar-refractivity contribution in [1.82, 2.24) is 15.2 Å². The van der Waals surface area contributed by atoms with Crippen LogP contribution in [0.1, 0.15) is 10.5 Å². The molecule has 0 aliphatic rings. The number of halogens is 2. The van der Waals surface area contributed by atoms with Crippen LogP contribution in [0.3, 0.4) is 0 Å². The first kappa shape index (κ1) is 7.37. The zero-order valence-corrected chi connectivity index (χ0v) is 6.10. The van der Waals surface area contributed by atoms with Crippen LogP contribution in [0.2, 0.25) is 10.4 Å². The lowest BCUT2D eigenvalue weighted by Gasteiger charge is -1.90. The molecule has 0 atom stereocenters. The molecule has 10 heavy (non-hydrogen) atoms. The molecule has 1 rings (SSSR count). The summed E-state index contributed by atoms with van der Waals surface area (Å²) in [5.74, 6) is 0. The number of aromatic nitrogens is 3. The third-order valence-electron chi connectivity index (χ3n) is 0.754. The summed E-state index contributed by atoms with van der Waals surface area (Å²) < 4.78 is 0. The molecule has 0 saturated heterocycles. The van der Waals surface area contributed by atoms with Gasteiger partial charge >= 0.3 is 0 Å². The Hall–Kier alpha value is -0.740. The summed E-state index contributed by atoms with van der Waals surface area (Å²) in [5, 5.41) is 6.55. The zero-order chi connectivity index (χ0) is 7.56. The van der Waals surface area contributed by atoms with Crippen molar-refractivity contribution in [2.24, 2.45) is 0 Å². The normalized spacial score (nSPS) is 9.40. The van der Waals surface area contributed by atoms with Gasteiger partial charge in [-0.25, -0.2) is 4.98 Å². The Kier molecular flexibility index (Phi) is 2.13. The van der Waals surface area contributed by atoms with E-state index < -0.39 is 0 Å². The Bertz CT molecular complexity index is 265. The van der Waals surface area contributed by atoms with Crippen molar-refractivity contribution in [1.29, 1.82) is 0 Å². The molecule has 52 valence electrons. The molecule has 0 amide bonds. The van der Waals surface area contributed by atoms with Crippen molar-refractivity contribution in [3.05, 3.63) is 16.1 Å². The molecule has 1 aromatic heterocycles. The number of hydrogen-bond donors (Lipinski definition) is 0. The topological polar surface area (TPSA) is 55.7 Å². The monoisotopic (exact) mass is 177 g/mol. The third kappa shape index (κ3) is 1.40. The Morgan fingerprint density at radius 2 is 2.00 bits per heavy atom. The summed E-state index contributed by atoms with van der Waals surface area (Å²) in [7, 11) is 0. The fraction of sp³-hybridized carbons (Fsp3) is 0. The van der Waals surface area contributed by atoms with Crippen molar-refractivity contribution in [3.8, 4) is 0 Å². The van der Waals surface area contributed by atoms with E-state index in [0.29, 0.717) is 6.29 Å². The van der Waals surface area contributed by atoms with E-state index in [-0.39, 0.29) is 16.1 Å². The molecule has 0 radical (unpaired) electrons. The van der Waals surface area contributed by atoms with Crippen molar-refractivity contribution in [2.75, 3.05) is 0 Å². The maximum Gasteiger partial charge on any atom is 0.244 e. The van der Waals surface area contributed by atoms with Gasteiger partial charge in [-0.05, 0) is 11.6 Å². The summed E-state index contributed by atoms with van der Waals surface area (Å²) in [6.45, 7) is 0. The maximum absolute atomic E-state index is 10.1. The second-order valence-electron chi connectivity index (χ2n) is 1.37. The highest BCUT2D eigenvalue weighted by molar-refractivity contribution is 6.33. The van der Waals surface area contributed by atoms with Gasteiger partial charge in [-0.2, -0.15) is 0 Å². The summed E-state index contributed by atoms with van der Waals surface area (Å²) in [4.78, 5) is 13.5. The molecule has 0 spiro atoms. The predicted octanol–water partition coefficient (Wildman–Crippen LogP) is 0.991. The smallest absolute Gasteiger partial charge is 0.244 e. The standard InChI is InChI=1S/C4HCl2N3O/c5-3-2(1-10)8-9-4(6)7-3/h1H. The average Bonchev–Trinajstić information content (AvgIpc) is 1.88. The van der Waals surface area contributed by atoms with E-state index in [1.165, 1.54) is 0 Å². The first-order chi connectivity index (χ1) is 4.74. The van der Waals surface area contributed by atoms with Gasteiger partial charge in [-0.3, -0.25) is 4.79 Å². The molecular weight excluding hydrogens is 177 g/mol. The summed E-state index contributed by atoms with van der Waals surface area (Å²) in [6, 6.07) is 0. The first-order valence-corrected chi connectivity index (χ1v) is 3.00. The van der Waals surface area contributed by atoms with E-state index in [1.54, 1.807) is 0 Å². The largest absolute Gasteiger partial charge is 0.296 e. The number of carbonyl (C=O) groups excluding carboxylic acids is 1. The summed E-state index contributed by atoms with van der Waals surface area (Å²) in [6.07, 6.45) is 0.457. The Morgan fingerprint density at radius 3 is 2.50 bits per heavy atom. The summed E-state index contributed by atoms with van der Waals surface area (Å²) in [5.41, 5.74) is -0.00827. The molecule has 0 aliphatic carbocycles. The van der Waals surface area contributed by atoms with Gasteiger partial charge in [0.1, 0.15) is 0 Å². The fourth-order valence-electron chi connectivity index (χ4n) is 0.369. The van der Waals surface area contributed by atoms with Gasteiger partial charge in [0, 0.05) is 0 Å². The molecule has 0 unspecified atom stereocenters. The van der Waals surface area contributed by atoms with Gasteiger partial charge in [0.05, 0.1) is 0 Å². The number of carbonyl (C=O) groups is 1. The minimum Gasteiger partial charge on any atom is -0.296 e. The lowest BCUT2D eigenvalue weighted by atomic mass is 10.5. The number of hydrogen-bond acceptors (Lipinski definition) is 4. The third-order valence-corrected chi connectivity index (χ3v) is 1.19. The van der Waals surface area contributed by atoms with Crippen LogP contribution >= 0.6 is 23.2 Å². The van der Waals surface area contributed by atoms with Crippen LogP contribution in [-0.2, 0) is 0 Å². The molecule has 1 heterocycles. The van der Waals surface area contributed by atoms with E-state index in [1.807, 2.05) is 0 Å². The Labute approximate surface area is 66.2 Å². The van der Waals surface area contributed by atoms with Crippen LogP contribution in [-0.4, -0.2) is 21.5 Å². The Morgan fingerprint density at radius 1 is 1.30 bits per heavy atom. The fourth-order valence-corrected chi connectivity index (χ4v) is 0.697. The van der Waals surface area contributed by atoms with Gasteiger partial charge in [0.2, 0.25) is 5.28 Å². The number of aldehydes is 1. The minimum absolute atomic E-state index is 0.00827. The highest BCUT2D eigenvalue weighted by atomic mass is 35.5. The molecule has 0 bridgehead atoms. The van der Waals surface area contributed by atoms with Crippen molar-refractivity contribution >= 4 is 29.5 Å². The van der Waals surface area contributed by atoms with Crippen LogP contribution in [0.5, 0.6) is 0 Å². The highest BCUT2D eigenvalue weighted by Crippen LogP contribution is 2.08. The van der Waals surface area contributed by atoms with E-state index in [0.717, 1.165) is 0 Å². The van der Waals surface area contributed by atoms with Crippen LogP contribution in [0, 0.1) is 0 Å². The zero-order valence-electron chi connectivity index (χ0n) is 4.58. The quantitative estimate of drug-likeness (QED) is 0.601. The Balaban J connectivity index is 3.19. The average molecular weight is 178 g/mol. The van der Waals surface area contributed by atoms with E-state index >= 15 is 0 Å². The van der Waals surface area contributed by atoms with Crippen molar-refractivity contribution in [3.63, 3.8) is 0 Å². The van der Waals surface area contributed by atoms with Crippen LogP contribution in [0.4, 0.5) is 0 Å². The van der Waals surface area contributed by atoms with E-state index in [4.69, 9.17) is 23.2 Å². The SMILES string of the molecule is O=Cc1nnc(Cl)nc1Cl. The molecule has 1 aromatic rings. The summed E-state index contributed by atoms with van der Waals surface area (Å²) >= 11 is 10.7. The van der Waals surface area contributed by atoms with E-state index in [9.17, 15) is 4.79 Å². The second kappa shape index (κ2) is 2.90. The number of rotatable bonds is 1. The minimum atomic E-state index is -0.0735. The van der Waals surface area contributed by atoms with Gasteiger partial charge in [0.25, 0.3) is 0 Å². The molecule has 0 fully saturated rings. The predicted molar refractivity (Wildman–Crippen MR) is 35.2 cm³/mol. The lowest BCUT2D eigenvalue weighted by molar-refractivity contribution is 0.111. The second-order valence-corrected chi connectivity index (χ2v) is 2.07. The maximum atomic E-state index is 10.1. The van der Waals surface area contributed by atoms with Gasteiger partial charge in [-0.15, -0.1) is 10.2 Å². The van der Waals surface area contributed by atoms with Gasteiger partial charge < -0.3 is 0 Å².